The van der Waals surface area contributed by atoms with Crippen LogP contribution in [0.4, 0.5) is 5.82 Å². The minimum absolute atomic E-state index is 0.00397. The maximum atomic E-state index is 12.2. The number of nitrogens with one attached hydrogen (secondary N) is 1. The molecule has 0 atom stereocenters. The molecular weight excluding hydrogens is 284 g/mol. The predicted molar refractivity (Wildman–Crippen MR) is 70.3 cm³/mol. The van der Waals surface area contributed by atoms with Crippen LogP contribution in [0.15, 0.2) is 9.42 Å². The Morgan fingerprint density at radius 2 is 2.10 bits per heavy atom. The molecule has 20 heavy (non-hydrogen) atoms. The highest BCUT2D eigenvalue weighted by molar-refractivity contribution is 7.89. The quantitative estimate of drug-likeness (QED) is 0.763. The maximum Gasteiger partial charge on any atom is 0.246 e. The summed E-state index contributed by atoms with van der Waals surface area (Å²) < 4.78 is 33.0. The fraction of sp³-hybridized carbons (Fsp3) is 0.500. The van der Waals surface area contributed by atoms with E-state index < -0.39 is 10.0 Å². The van der Waals surface area contributed by atoms with Gasteiger partial charge >= 0.3 is 0 Å². The normalized spacial score (nSPS) is 11.9. The summed E-state index contributed by atoms with van der Waals surface area (Å²) in [5.74, 6) is 0.865. The van der Waals surface area contributed by atoms with Gasteiger partial charge in [0.15, 0.2) is 11.6 Å². The second kappa shape index (κ2) is 5.21. The Labute approximate surface area is 116 Å². The summed E-state index contributed by atoms with van der Waals surface area (Å²) in [5, 5.41) is 7.57. The molecule has 2 aromatic heterocycles. The average Bonchev–Trinajstić information content (AvgIpc) is 2.84. The molecule has 0 aromatic carbocycles. The van der Waals surface area contributed by atoms with E-state index in [-0.39, 0.29) is 17.3 Å². The monoisotopic (exact) mass is 300 g/mol. The molecule has 0 bridgehead atoms. The molecule has 0 saturated carbocycles. The number of anilines is 1. The maximum absolute atomic E-state index is 12.2. The Kier molecular flexibility index (Phi) is 3.77. The Morgan fingerprint density at radius 1 is 1.40 bits per heavy atom. The molecule has 0 aliphatic rings. The van der Waals surface area contributed by atoms with Crippen molar-refractivity contribution in [1.82, 2.24) is 24.6 Å². The van der Waals surface area contributed by atoms with Gasteiger partial charge in [-0.3, -0.25) is 4.68 Å². The largest absolute Gasteiger partial charge is 0.381 e. The SMILES string of the molecule is Cc1nc(CCNS(=O)(=O)c2c(N)nn(C)c2C)no1. The standard InChI is InChI=1S/C10H16N6O3S/c1-6-9(10(11)14-16(6)3)20(17,18)12-5-4-8-13-7(2)19-15-8/h12H,4-5H2,1-3H3,(H2,11,14). The molecule has 0 spiro atoms. The van der Waals surface area contributed by atoms with E-state index in [9.17, 15) is 8.42 Å². The van der Waals surface area contributed by atoms with E-state index in [0.29, 0.717) is 23.8 Å². The molecule has 2 aromatic rings. The van der Waals surface area contributed by atoms with Crippen molar-refractivity contribution < 1.29 is 12.9 Å². The molecule has 0 saturated heterocycles. The summed E-state index contributed by atoms with van der Waals surface area (Å²) in [7, 11) is -2.08. The first-order valence-corrected chi connectivity index (χ1v) is 7.37. The van der Waals surface area contributed by atoms with Crippen LogP contribution in [0.1, 0.15) is 17.4 Å². The first-order valence-electron chi connectivity index (χ1n) is 5.89. The highest BCUT2D eigenvalue weighted by Crippen LogP contribution is 2.20. The second-order valence-corrected chi connectivity index (χ2v) is 6.00. The Hall–Kier alpha value is -1.94. The molecule has 0 radical (unpaired) electrons. The average molecular weight is 300 g/mol. The van der Waals surface area contributed by atoms with Crippen molar-refractivity contribution in [3.8, 4) is 0 Å². The van der Waals surface area contributed by atoms with Gasteiger partial charge in [0.2, 0.25) is 15.9 Å². The van der Waals surface area contributed by atoms with Crippen LogP contribution in [-0.2, 0) is 23.5 Å². The minimum Gasteiger partial charge on any atom is -0.381 e. The number of aryl methyl sites for hydroxylation is 2. The van der Waals surface area contributed by atoms with Gasteiger partial charge < -0.3 is 10.3 Å². The van der Waals surface area contributed by atoms with E-state index >= 15 is 0 Å². The number of nitrogens with zero attached hydrogens (tertiary/aromatic N) is 4. The fourth-order valence-corrected chi connectivity index (χ4v) is 3.11. The fourth-order valence-electron chi connectivity index (χ4n) is 1.76. The second-order valence-electron chi connectivity index (χ2n) is 4.30. The minimum atomic E-state index is -3.71. The summed E-state index contributed by atoms with van der Waals surface area (Å²) in [6.07, 6.45) is 0.329. The Balaban J connectivity index is 2.08. The number of hydrogen-bond donors (Lipinski definition) is 2. The van der Waals surface area contributed by atoms with Gasteiger partial charge in [-0.25, -0.2) is 13.1 Å². The van der Waals surface area contributed by atoms with Crippen molar-refractivity contribution in [3.63, 3.8) is 0 Å². The molecule has 0 amide bonds. The Bertz CT molecular complexity index is 717. The highest BCUT2D eigenvalue weighted by Gasteiger charge is 2.24. The molecule has 9 nitrogen and oxygen atoms in total. The van der Waals surface area contributed by atoms with Crippen LogP contribution in [-0.4, -0.2) is 34.9 Å². The molecule has 0 unspecified atom stereocenters. The molecule has 0 fully saturated rings. The number of nitrogens with two attached hydrogens (primary N) is 1. The molecule has 0 aliphatic heterocycles. The number of rotatable bonds is 5. The van der Waals surface area contributed by atoms with Crippen molar-refractivity contribution in [2.24, 2.45) is 7.05 Å². The molecular formula is C10H16N6O3S. The summed E-state index contributed by atoms with van der Waals surface area (Å²) in [6, 6.07) is 0. The van der Waals surface area contributed by atoms with E-state index in [1.165, 1.54) is 4.68 Å². The topological polar surface area (TPSA) is 129 Å². The van der Waals surface area contributed by atoms with Crippen LogP contribution >= 0.6 is 0 Å². The lowest BCUT2D eigenvalue weighted by atomic mass is 10.4. The third-order valence-electron chi connectivity index (χ3n) is 2.78. The van der Waals surface area contributed by atoms with Gasteiger partial charge in [0.1, 0.15) is 4.90 Å². The van der Waals surface area contributed by atoms with Crippen LogP contribution in [0.25, 0.3) is 0 Å². The highest BCUT2D eigenvalue weighted by atomic mass is 32.2. The van der Waals surface area contributed by atoms with Crippen LogP contribution in [0.5, 0.6) is 0 Å². The number of hydrogen-bond acceptors (Lipinski definition) is 7. The van der Waals surface area contributed by atoms with Gasteiger partial charge in [0.25, 0.3) is 0 Å². The van der Waals surface area contributed by atoms with Crippen LogP contribution in [0.3, 0.4) is 0 Å². The van der Waals surface area contributed by atoms with Crippen LogP contribution in [0.2, 0.25) is 0 Å². The summed E-state index contributed by atoms with van der Waals surface area (Å²) >= 11 is 0. The van der Waals surface area contributed by atoms with E-state index in [0.717, 1.165) is 0 Å². The van der Waals surface area contributed by atoms with Crippen molar-refractivity contribution >= 4 is 15.8 Å². The predicted octanol–water partition coefficient (Wildman–Crippen LogP) is -0.477. The third-order valence-corrected chi connectivity index (χ3v) is 4.41. The molecule has 0 aliphatic carbocycles. The van der Waals surface area contributed by atoms with Crippen LogP contribution < -0.4 is 10.5 Å². The van der Waals surface area contributed by atoms with Crippen molar-refractivity contribution in [2.45, 2.75) is 25.2 Å². The lowest BCUT2D eigenvalue weighted by Crippen LogP contribution is -2.27. The first kappa shape index (κ1) is 14.5. The zero-order valence-corrected chi connectivity index (χ0v) is 12.2. The lowest BCUT2D eigenvalue weighted by Gasteiger charge is -2.05. The zero-order valence-electron chi connectivity index (χ0n) is 11.4. The van der Waals surface area contributed by atoms with Gasteiger partial charge in [0, 0.05) is 26.9 Å². The number of aromatic nitrogens is 4. The van der Waals surface area contributed by atoms with Gasteiger partial charge in [-0.05, 0) is 6.92 Å². The van der Waals surface area contributed by atoms with E-state index in [1.807, 2.05) is 0 Å². The number of sulfonamides is 1. The lowest BCUT2D eigenvalue weighted by molar-refractivity contribution is 0.387. The van der Waals surface area contributed by atoms with Crippen molar-refractivity contribution in [1.29, 1.82) is 0 Å². The first-order chi connectivity index (χ1) is 9.31. The van der Waals surface area contributed by atoms with Crippen molar-refractivity contribution in [2.75, 3.05) is 12.3 Å². The molecule has 3 N–H and O–H groups in total. The smallest absolute Gasteiger partial charge is 0.246 e. The van der Waals surface area contributed by atoms with Gasteiger partial charge in [-0.2, -0.15) is 10.1 Å². The summed E-state index contributed by atoms with van der Waals surface area (Å²) in [4.78, 5) is 3.99. The van der Waals surface area contributed by atoms with Crippen LogP contribution in [0, 0.1) is 13.8 Å². The Morgan fingerprint density at radius 3 is 2.60 bits per heavy atom. The summed E-state index contributed by atoms with van der Waals surface area (Å²) in [5.41, 5.74) is 6.10. The van der Waals surface area contributed by atoms with Gasteiger partial charge in [-0.1, -0.05) is 5.16 Å². The summed E-state index contributed by atoms with van der Waals surface area (Å²) in [6.45, 7) is 3.45. The zero-order chi connectivity index (χ0) is 14.9. The third kappa shape index (κ3) is 2.80. The van der Waals surface area contributed by atoms with E-state index in [2.05, 4.69) is 20.0 Å². The van der Waals surface area contributed by atoms with E-state index in [1.54, 1.807) is 20.9 Å². The molecule has 2 rings (SSSR count). The molecule has 2 heterocycles. The van der Waals surface area contributed by atoms with Gasteiger partial charge in [-0.15, -0.1) is 0 Å². The number of nitrogen functional groups attached to an aromatic ring is 1. The molecule has 10 heteroatoms. The molecule has 110 valence electrons. The van der Waals surface area contributed by atoms with Gasteiger partial charge in [0.05, 0.1) is 5.69 Å². The van der Waals surface area contributed by atoms with E-state index in [4.69, 9.17) is 10.3 Å². The van der Waals surface area contributed by atoms with Crippen molar-refractivity contribution in [3.05, 3.63) is 17.4 Å².